The van der Waals surface area contributed by atoms with E-state index in [-0.39, 0.29) is 10.8 Å². The molecule has 358 valence electrons. The van der Waals surface area contributed by atoms with Crippen molar-refractivity contribution in [2.24, 2.45) is 0 Å². The van der Waals surface area contributed by atoms with Crippen LogP contribution in [0.5, 0.6) is 0 Å². The third-order valence-corrected chi connectivity index (χ3v) is 16.8. The fraction of sp³-hybridized carbons (Fsp3) is 0.0833. The molecule has 0 bridgehead atoms. The second kappa shape index (κ2) is 16.6. The second-order valence-electron chi connectivity index (χ2n) is 21.9. The van der Waals surface area contributed by atoms with E-state index in [4.69, 9.17) is 9.97 Å². The highest BCUT2D eigenvalue weighted by Gasteiger charge is 2.37. The number of aromatic nitrogens is 4. The Balaban J connectivity index is 0.675. The van der Waals surface area contributed by atoms with Gasteiger partial charge in [-0.15, -0.1) is 0 Å². The van der Waals surface area contributed by atoms with Gasteiger partial charge in [0.1, 0.15) is 0 Å². The molecule has 0 saturated carbocycles. The average molecular weight is 971 g/mol. The van der Waals surface area contributed by atoms with Crippen molar-refractivity contribution >= 4 is 43.6 Å². The Morgan fingerprint density at radius 3 is 0.921 bits per heavy atom. The monoisotopic (exact) mass is 970 g/mol. The Kier molecular flexibility index (Phi) is 9.62. The highest BCUT2D eigenvalue weighted by Crippen LogP contribution is 2.53. The summed E-state index contributed by atoms with van der Waals surface area (Å²) < 4.78 is 0. The largest absolute Gasteiger partial charge is 0.254 e. The molecule has 2 aliphatic carbocycles. The summed E-state index contributed by atoms with van der Waals surface area (Å²) in [6.07, 6.45) is 7.64. The van der Waals surface area contributed by atoms with Crippen molar-refractivity contribution < 1.29 is 0 Å². The van der Waals surface area contributed by atoms with Crippen molar-refractivity contribution in [3.8, 4) is 89.0 Å². The van der Waals surface area contributed by atoms with Crippen molar-refractivity contribution in [3.63, 3.8) is 0 Å². The van der Waals surface area contributed by atoms with Gasteiger partial charge in [-0.2, -0.15) is 0 Å². The van der Waals surface area contributed by atoms with Gasteiger partial charge in [0.15, 0.2) is 0 Å². The molecule has 4 aromatic heterocycles. The van der Waals surface area contributed by atoms with Gasteiger partial charge in [-0.1, -0.05) is 173 Å². The lowest BCUT2D eigenvalue weighted by Crippen LogP contribution is -2.15. The van der Waals surface area contributed by atoms with Crippen LogP contribution in [-0.2, 0) is 10.8 Å². The maximum absolute atomic E-state index is 4.91. The number of nitrogens with zero attached hydrogens (tertiary/aromatic N) is 4. The summed E-state index contributed by atoms with van der Waals surface area (Å²) in [6, 6.07) is 76.2. The van der Waals surface area contributed by atoms with Crippen molar-refractivity contribution in [1.82, 2.24) is 19.9 Å². The molecule has 4 heteroatoms. The molecular weight excluding hydrogens is 921 g/mol. The predicted molar refractivity (Wildman–Crippen MR) is 315 cm³/mol. The Hall–Kier alpha value is -9.38. The van der Waals surface area contributed by atoms with Crippen LogP contribution in [0.4, 0.5) is 0 Å². The molecule has 15 rings (SSSR count). The number of hydrogen-bond donors (Lipinski definition) is 0. The molecule has 0 aliphatic heterocycles. The van der Waals surface area contributed by atoms with Gasteiger partial charge in [0.25, 0.3) is 0 Å². The minimum absolute atomic E-state index is 0.170. The Labute approximate surface area is 442 Å². The first-order valence-corrected chi connectivity index (χ1v) is 26.3. The van der Waals surface area contributed by atoms with Crippen molar-refractivity contribution in [2.75, 3.05) is 0 Å². The van der Waals surface area contributed by atoms with E-state index >= 15 is 0 Å². The third kappa shape index (κ3) is 6.91. The molecule has 0 amide bonds. The number of pyridine rings is 4. The zero-order chi connectivity index (χ0) is 50.9. The smallest absolute Gasteiger partial charge is 0.0964 e. The van der Waals surface area contributed by atoms with Crippen LogP contribution in [0.2, 0.25) is 0 Å². The summed E-state index contributed by atoms with van der Waals surface area (Å²) >= 11 is 0. The maximum atomic E-state index is 4.91. The van der Waals surface area contributed by atoms with Gasteiger partial charge in [0.2, 0.25) is 0 Å². The Morgan fingerprint density at radius 1 is 0.237 bits per heavy atom. The molecule has 2 aliphatic rings. The molecule has 4 heterocycles. The van der Waals surface area contributed by atoms with E-state index < -0.39 is 0 Å². The topological polar surface area (TPSA) is 51.6 Å². The first-order chi connectivity index (χ1) is 37.1. The van der Waals surface area contributed by atoms with Crippen molar-refractivity contribution in [3.05, 3.63) is 253 Å². The van der Waals surface area contributed by atoms with Gasteiger partial charge >= 0.3 is 0 Å². The zero-order valence-electron chi connectivity index (χ0n) is 42.7. The fourth-order valence-corrected chi connectivity index (χ4v) is 12.6. The van der Waals surface area contributed by atoms with Gasteiger partial charge in [-0.25, -0.2) is 0 Å². The molecule has 9 aromatic carbocycles. The second-order valence-corrected chi connectivity index (χ2v) is 21.9. The summed E-state index contributed by atoms with van der Waals surface area (Å²) in [7, 11) is 0. The quantitative estimate of drug-likeness (QED) is 0.156. The lowest BCUT2D eigenvalue weighted by atomic mass is 9.80. The van der Waals surface area contributed by atoms with E-state index in [1.807, 2.05) is 36.9 Å². The minimum Gasteiger partial charge on any atom is -0.254 e. The SMILES string of the molecule is CC1(C)c2cc(-c3ccc(-c4ccc5c(c4)C(C)(C)c4cc(-c6cccc(-c7cnc8c(ccc9cccnc98)c7)c6)ccc4-5)cc3)ccc2-c2ccc(-c3cccc(-c4cnc5c(ccc6cccnc65)c4)c3)cc21. The highest BCUT2D eigenvalue weighted by molar-refractivity contribution is 6.05. The summed E-state index contributed by atoms with van der Waals surface area (Å²) in [5.41, 5.74) is 28.3. The molecule has 0 spiro atoms. The fourth-order valence-electron chi connectivity index (χ4n) is 12.6. The van der Waals surface area contributed by atoms with Gasteiger partial charge < -0.3 is 0 Å². The number of benzene rings is 9. The van der Waals surface area contributed by atoms with Crippen LogP contribution < -0.4 is 0 Å². The third-order valence-electron chi connectivity index (χ3n) is 16.8. The lowest BCUT2D eigenvalue weighted by molar-refractivity contribution is 0.660. The van der Waals surface area contributed by atoms with Crippen molar-refractivity contribution in [2.45, 2.75) is 38.5 Å². The number of rotatable bonds is 6. The van der Waals surface area contributed by atoms with Crippen LogP contribution in [0.15, 0.2) is 231 Å². The first-order valence-electron chi connectivity index (χ1n) is 26.3. The maximum Gasteiger partial charge on any atom is 0.0964 e. The van der Waals surface area contributed by atoms with Crippen LogP contribution >= 0.6 is 0 Å². The van der Waals surface area contributed by atoms with Gasteiger partial charge in [0.05, 0.1) is 22.1 Å². The highest BCUT2D eigenvalue weighted by atomic mass is 14.7. The summed E-state index contributed by atoms with van der Waals surface area (Å²) in [4.78, 5) is 19.1. The molecule has 0 saturated heterocycles. The van der Waals surface area contributed by atoms with Gasteiger partial charge in [-0.3, -0.25) is 19.9 Å². The molecule has 0 N–H and O–H groups in total. The van der Waals surface area contributed by atoms with Gasteiger partial charge in [-0.05, 0) is 161 Å². The van der Waals surface area contributed by atoms with Crippen molar-refractivity contribution in [1.29, 1.82) is 0 Å². The normalized spacial score (nSPS) is 13.7. The summed E-state index contributed by atoms with van der Waals surface area (Å²) in [5.74, 6) is 0. The van der Waals surface area contributed by atoms with E-state index in [2.05, 4.69) is 232 Å². The Bertz CT molecular complexity index is 4290. The van der Waals surface area contributed by atoms with Crippen LogP contribution in [0.3, 0.4) is 0 Å². The van der Waals surface area contributed by atoms with E-state index in [1.165, 1.54) is 89.0 Å². The number of fused-ring (bicyclic) bond motifs is 12. The lowest BCUT2D eigenvalue weighted by Gasteiger charge is -2.23. The first kappa shape index (κ1) is 44.1. The zero-order valence-corrected chi connectivity index (χ0v) is 42.7. The van der Waals surface area contributed by atoms with Crippen LogP contribution in [0, 0.1) is 0 Å². The Morgan fingerprint density at radius 2 is 0.539 bits per heavy atom. The predicted octanol–water partition coefficient (Wildman–Crippen LogP) is 18.5. The average Bonchev–Trinajstić information content (AvgIpc) is 3.89. The van der Waals surface area contributed by atoms with Crippen LogP contribution in [-0.4, -0.2) is 19.9 Å². The van der Waals surface area contributed by atoms with E-state index in [0.29, 0.717) is 0 Å². The molecule has 0 fully saturated rings. The molecule has 0 radical (unpaired) electrons. The molecule has 0 atom stereocenters. The van der Waals surface area contributed by atoms with Crippen LogP contribution in [0.1, 0.15) is 49.9 Å². The minimum atomic E-state index is -0.170. The summed E-state index contributed by atoms with van der Waals surface area (Å²) in [6.45, 7) is 9.50. The van der Waals surface area contributed by atoms with E-state index in [1.54, 1.807) is 0 Å². The summed E-state index contributed by atoms with van der Waals surface area (Å²) in [5, 5.41) is 4.39. The molecule has 76 heavy (non-hydrogen) atoms. The van der Waals surface area contributed by atoms with Gasteiger partial charge in [0, 0.05) is 68.3 Å². The van der Waals surface area contributed by atoms with Crippen LogP contribution in [0.25, 0.3) is 133 Å². The molecule has 0 unspecified atom stereocenters. The molecular formula is C72H50N4. The van der Waals surface area contributed by atoms with E-state index in [0.717, 1.165) is 65.9 Å². The standard InChI is InChI=1S/C72H50N4/c1-71(2)63-37-51(23-27-59(63)61-29-25-53(39-65(61)71)47-9-5-11-49(33-47)57-35-55-21-19-45-13-7-31-73-67(45)69(55)75-41-57)43-15-17-44(18-16-43)52-24-28-60-62-30-26-54(40-66(62)72(3,4)64(60)38-52)48-10-6-12-50(34-48)58-36-56-22-20-46-14-8-32-74-68(46)70(56)76-42-58/h5-42H,1-4H3. The molecule has 4 nitrogen and oxygen atoms in total. The molecule has 13 aromatic rings. The van der Waals surface area contributed by atoms with E-state index in [9.17, 15) is 0 Å². The number of hydrogen-bond acceptors (Lipinski definition) is 4.